The Hall–Kier alpha value is -2.23. The summed E-state index contributed by atoms with van der Waals surface area (Å²) in [5.41, 5.74) is 0.931. The van der Waals surface area contributed by atoms with Gasteiger partial charge in [0.15, 0.2) is 12.4 Å². The molecule has 0 aliphatic heterocycles. The molecule has 0 fully saturated rings. The van der Waals surface area contributed by atoms with Gasteiger partial charge in [-0.1, -0.05) is 41.4 Å². The third kappa shape index (κ3) is 5.34. The van der Waals surface area contributed by atoms with Gasteiger partial charge in [0.2, 0.25) is 0 Å². The van der Waals surface area contributed by atoms with E-state index in [0.717, 1.165) is 10.9 Å². The van der Waals surface area contributed by atoms with Crippen molar-refractivity contribution in [1.82, 2.24) is 9.66 Å². The summed E-state index contributed by atoms with van der Waals surface area (Å²) in [5.74, 6) is -0.318. The third-order valence-corrected chi connectivity index (χ3v) is 5.93. The second-order valence-corrected chi connectivity index (χ2v) is 8.98. The average molecular weight is 572 g/mol. The van der Waals surface area contributed by atoms with E-state index in [1.807, 2.05) is 19.9 Å². The molecular formula is C21H18Br2ClN3O4. The minimum atomic E-state index is -1.11. The molecule has 0 unspecified atom stereocenters. The number of nitrogens with zero attached hydrogens (tertiary/aromatic N) is 3. The maximum Gasteiger partial charge on any atom is 0.341 e. The normalized spacial score (nSPS) is 12.4. The minimum absolute atomic E-state index is 0.0139. The lowest BCUT2D eigenvalue weighted by Crippen LogP contribution is -2.23. The van der Waals surface area contributed by atoms with Crippen LogP contribution in [-0.2, 0) is 4.79 Å². The molecule has 0 amide bonds. The molecule has 31 heavy (non-hydrogen) atoms. The van der Waals surface area contributed by atoms with E-state index in [4.69, 9.17) is 21.4 Å². The molecule has 0 aliphatic rings. The lowest BCUT2D eigenvalue weighted by Gasteiger charge is -2.14. The van der Waals surface area contributed by atoms with Gasteiger partial charge < -0.3 is 9.84 Å². The molecule has 1 aromatic heterocycles. The summed E-state index contributed by atoms with van der Waals surface area (Å²) in [6.45, 7) is 3.49. The van der Waals surface area contributed by atoms with Gasteiger partial charge in [0, 0.05) is 10.4 Å². The SMILES string of the molecule is CC[C@H](C)c1nc2ccc(Br)cc2c(=O)n1N=Cc1cc(Cl)c(OCC(=O)O)c(Br)c1. The van der Waals surface area contributed by atoms with Crippen molar-refractivity contribution in [2.45, 2.75) is 26.2 Å². The van der Waals surface area contributed by atoms with E-state index in [1.165, 1.54) is 10.9 Å². The molecule has 1 atom stereocenters. The highest BCUT2D eigenvalue weighted by atomic mass is 79.9. The molecule has 1 N–H and O–H groups in total. The van der Waals surface area contributed by atoms with Crippen molar-refractivity contribution in [3.05, 3.63) is 66.0 Å². The van der Waals surface area contributed by atoms with E-state index in [-0.39, 0.29) is 22.2 Å². The number of rotatable bonds is 7. The van der Waals surface area contributed by atoms with Crippen LogP contribution in [0.25, 0.3) is 10.9 Å². The van der Waals surface area contributed by atoms with Crippen LogP contribution in [0.1, 0.15) is 37.6 Å². The fraction of sp³-hybridized carbons (Fsp3) is 0.238. The molecule has 0 saturated heterocycles. The van der Waals surface area contributed by atoms with Crippen LogP contribution in [0.15, 0.2) is 49.2 Å². The number of benzene rings is 2. The molecule has 0 aliphatic carbocycles. The number of carboxylic acid groups (broad SMARTS) is 1. The fourth-order valence-corrected chi connectivity index (χ4v) is 4.18. The molecule has 10 heteroatoms. The molecular weight excluding hydrogens is 554 g/mol. The van der Waals surface area contributed by atoms with Gasteiger partial charge in [0.05, 0.1) is 26.6 Å². The Bertz CT molecular complexity index is 1220. The van der Waals surface area contributed by atoms with E-state index >= 15 is 0 Å². The van der Waals surface area contributed by atoms with Crippen LogP contribution in [0.5, 0.6) is 5.75 Å². The number of aliphatic carboxylic acids is 1. The molecule has 0 saturated carbocycles. The van der Waals surface area contributed by atoms with Crippen LogP contribution in [0.2, 0.25) is 5.02 Å². The van der Waals surface area contributed by atoms with Crippen LogP contribution >= 0.6 is 43.5 Å². The van der Waals surface area contributed by atoms with E-state index in [1.54, 1.807) is 24.3 Å². The van der Waals surface area contributed by atoms with E-state index in [2.05, 4.69) is 41.9 Å². The molecule has 3 aromatic rings. The Labute approximate surface area is 200 Å². The minimum Gasteiger partial charge on any atom is -0.479 e. The van der Waals surface area contributed by atoms with Crippen molar-refractivity contribution in [2.24, 2.45) is 5.10 Å². The predicted octanol–water partition coefficient (Wildman–Crippen LogP) is 5.43. The topological polar surface area (TPSA) is 93.8 Å². The summed E-state index contributed by atoms with van der Waals surface area (Å²) in [5, 5.41) is 13.9. The highest BCUT2D eigenvalue weighted by Gasteiger charge is 2.16. The standard InChI is InChI=1S/C21H18Br2ClN3O4/c1-3-11(2)20-26-17-5-4-13(22)8-14(17)21(30)27(20)25-9-12-6-15(23)19(16(24)7-12)31-10-18(28)29/h4-9,11H,3,10H2,1-2H3,(H,28,29)/t11-/m0/s1. The zero-order valence-electron chi connectivity index (χ0n) is 16.6. The summed E-state index contributed by atoms with van der Waals surface area (Å²) < 4.78 is 7.75. The molecule has 3 rings (SSSR count). The Balaban J connectivity index is 2.07. The first-order valence-corrected chi connectivity index (χ1v) is 11.3. The number of hydrogen-bond acceptors (Lipinski definition) is 5. The summed E-state index contributed by atoms with van der Waals surface area (Å²) in [6, 6.07) is 8.61. The fourth-order valence-electron chi connectivity index (χ4n) is 2.83. The Morgan fingerprint density at radius 2 is 2.10 bits per heavy atom. The second-order valence-electron chi connectivity index (χ2n) is 6.80. The van der Waals surface area contributed by atoms with Crippen molar-refractivity contribution >= 4 is 66.5 Å². The summed E-state index contributed by atoms with van der Waals surface area (Å²) >= 11 is 13.0. The van der Waals surface area contributed by atoms with Gasteiger partial charge in [-0.2, -0.15) is 9.78 Å². The van der Waals surface area contributed by atoms with Gasteiger partial charge in [0.1, 0.15) is 5.82 Å². The monoisotopic (exact) mass is 569 g/mol. The van der Waals surface area contributed by atoms with E-state index in [9.17, 15) is 9.59 Å². The van der Waals surface area contributed by atoms with E-state index < -0.39 is 12.6 Å². The van der Waals surface area contributed by atoms with Crippen LogP contribution < -0.4 is 10.3 Å². The number of aromatic nitrogens is 2. The summed E-state index contributed by atoms with van der Waals surface area (Å²) in [7, 11) is 0. The Morgan fingerprint density at radius 3 is 2.74 bits per heavy atom. The van der Waals surface area contributed by atoms with Gasteiger partial charge >= 0.3 is 5.97 Å². The van der Waals surface area contributed by atoms with Gasteiger partial charge in [-0.15, -0.1) is 0 Å². The highest BCUT2D eigenvalue weighted by molar-refractivity contribution is 9.10. The maximum absolute atomic E-state index is 13.2. The van der Waals surface area contributed by atoms with E-state index in [0.29, 0.717) is 26.8 Å². The zero-order chi connectivity index (χ0) is 22.7. The summed E-state index contributed by atoms with van der Waals surface area (Å²) in [4.78, 5) is 28.6. The van der Waals surface area contributed by atoms with Crippen molar-refractivity contribution in [3.8, 4) is 5.75 Å². The number of hydrogen-bond donors (Lipinski definition) is 1. The van der Waals surface area contributed by atoms with Crippen LogP contribution in [0, 0.1) is 0 Å². The molecule has 0 bridgehead atoms. The molecule has 162 valence electrons. The molecule has 1 heterocycles. The average Bonchev–Trinajstić information content (AvgIpc) is 2.72. The van der Waals surface area contributed by atoms with Crippen LogP contribution in [-0.4, -0.2) is 33.6 Å². The number of carbonyl (C=O) groups is 1. The maximum atomic E-state index is 13.2. The lowest BCUT2D eigenvalue weighted by atomic mass is 10.1. The van der Waals surface area contributed by atoms with Gasteiger partial charge in [0.25, 0.3) is 5.56 Å². The highest BCUT2D eigenvalue weighted by Crippen LogP contribution is 2.34. The Kier molecular flexibility index (Phi) is 7.51. The zero-order valence-corrected chi connectivity index (χ0v) is 20.5. The largest absolute Gasteiger partial charge is 0.479 e. The number of halogens is 3. The third-order valence-electron chi connectivity index (χ3n) is 4.57. The second kappa shape index (κ2) is 9.93. The van der Waals surface area contributed by atoms with Crippen molar-refractivity contribution < 1.29 is 14.6 Å². The summed E-state index contributed by atoms with van der Waals surface area (Å²) in [6.07, 6.45) is 2.29. The predicted molar refractivity (Wildman–Crippen MR) is 128 cm³/mol. The smallest absolute Gasteiger partial charge is 0.341 e. The molecule has 7 nitrogen and oxygen atoms in total. The van der Waals surface area contributed by atoms with Gasteiger partial charge in [-0.3, -0.25) is 4.79 Å². The first-order valence-electron chi connectivity index (χ1n) is 9.31. The lowest BCUT2D eigenvalue weighted by molar-refractivity contribution is -0.139. The molecule has 2 aromatic carbocycles. The van der Waals surface area contributed by atoms with Crippen molar-refractivity contribution in [2.75, 3.05) is 6.61 Å². The first kappa shape index (κ1) is 23.4. The van der Waals surface area contributed by atoms with Crippen LogP contribution in [0.4, 0.5) is 0 Å². The van der Waals surface area contributed by atoms with Gasteiger partial charge in [-0.25, -0.2) is 9.78 Å². The Morgan fingerprint density at radius 1 is 1.35 bits per heavy atom. The quantitative estimate of drug-likeness (QED) is 0.382. The number of carboxylic acids is 1. The number of fused-ring (bicyclic) bond motifs is 1. The van der Waals surface area contributed by atoms with Crippen molar-refractivity contribution in [3.63, 3.8) is 0 Å². The number of ether oxygens (including phenoxy) is 1. The molecule has 0 spiro atoms. The van der Waals surface area contributed by atoms with Crippen molar-refractivity contribution in [1.29, 1.82) is 0 Å². The van der Waals surface area contributed by atoms with Crippen LogP contribution in [0.3, 0.4) is 0 Å². The van der Waals surface area contributed by atoms with Gasteiger partial charge in [-0.05, 0) is 58.2 Å². The molecule has 0 radical (unpaired) electrons. The first-order chi connectivity index (χ1) is 14.7.